The lowest BCUT2D eigenvalue weighted by Gasteiger charge is -2.13. The summed E-state index contributed by atoms with van der Waals surface area (Å²) in [5.74, 6) is 0.607. The number of carbonyl (C=O) groups is 1. The van der Waals surface area contributed by atoms with E-state index < -0.39 is 0 Å². The number of nitrogens with one attached hydrogen (secondary N) is 1. The van der Waals surface area contributed by atoms with Crippen LogP contribution in [0.15, 0.2) is 53.1 Å². The zero-order valence-corrected chi connectivity index (χ0v) is 15.8. The SMILES string of the molecule is CCOC(=O)CNc1c(C(C)c2ccccc2)nc2ccc(Br)cn12. The number of esters is 1. The molecule has 0 saturated carbocycles. The molecule has 5 nitrogen and oxygen atoms in total. The number of aromatic nitrogens is 2. The van der Waals surface area contributed by atoms with Gasteiger partial charge >= 0.3 is 5.97 Å². The van der Waals surface area contributed by atoms with E-state index >= 15 is 0 Å². The Morgan fingerprint density at radius 1 is 1.28 bits per heavy atom. The molecule has 1 N–H and O–H groups in total. The number of halogens is 1. The predicted octanol–water partition coefficient (Wildman–Crippen LogP) is 4.22. The second-order valence-corrected chi connectivity index (χ2v) is 6.63. The van der Waals surface area contributed by atoms with Crippen LogP contribution in [0.1, 0.15) is 31.0 Å². The molecule has 0 spiro atoms. The minimum atomic E-state index is -0.286. The van der Waals surface area contributed by atoms with Crippen LogP contribution in [0.4, 0.5) is 5.82 Å². The summed E-state index contributed by atoms with van der Waals surface area (Å²) in [6, 6.07) is 14.1. The molecule has 0 radical (unpaired) electrons. The summed E-state index contributed by atoms with van der Waals surface area (Å²) in [7, 11) is 0. The maximum absolute atomic E-state index is 11.8. The molecule has 25 heavy (non-hydrogen) atoms. The number of ether oxygens (including phenoxy) is 1. The Balaban J connectivity index is 2.01. The van der Waals surface area contributed by atoms with Crippen molar-refractivity contribution in [2.75, 3.05) is 18.5 Å². The van der Waals surface area contributed by atoms with E-state index in [1.807, 2.05) is 40.9 Å². The van der Waals surface area contributed by atoms with Crippen LogP contribution in [0.3, 0.4) is 0 Å². The van der Waals surface area contributed by atoms with Crippen molar-refractivity contribution in [3.8, 4) is 0 Å². The van der Waals surface area contributed by atoms with Gasteiger partial charge in [0.1, 0.15) is 18.0 Å². The number of imidazole rings is 1. The first kappa shape index (κ1) is 17.5. The predicted molar refractivity (Wildman–Crippen MR) is 102 cm³/mol. The van der Waals surface area contributed by atoms with E-state index in [0.717, 1.165) is 21.6 Å². The lowest BCUT2D eigenvalue weighted by atomic mass is 9.98. The van der Waals surface area contributed by atoms with Gasteiger partial charge in [-0.25, -0.2) is 4.98 Å². The van der Waals surface area contributed by atoms with Crippen molar-refractivity contribution in [3.63, 3.8) is 0 Å². The molecule has 0 fully saturated rings. The highest BCUT2D eigenvalue weighted by molar-refractivity contribution is 9.10. The zero-order valence-electron chi connectivity index (χ0n) is 14.2. The lowest BCUT2D eigenvalue weighted by Crippen LogP contribution is -2.18. The average molecular weight is 402 g/mol. The Hall–Kier alpha value is -2.34. The number of pyridine rings is 1. The first-order chi connectivity index (χ1) is 12.1. The summed E-state index contributed by atoms with van der Waals surface area (Å²) < 4.78 is 7.92. The fourth-order valence-corrected chi connectivity index (χ4v) is 3.12. The molecule has 3 aromatic rings. The lowest BCUT2D eigenvalue weighted by molar-refractivity contribution is -0.140. The second kappa shape index (κ2) is 7.70. The van der Waals surface area contributed by atoms with Crippen molar-refractivity contribution in [2.45, 2.75) is 19.8 Å². The standard InChI is InChI=1S/C19H20BrN3O2/c1-3-25-17(24)11-21-19-18(13(2)14-7-5-4-6-8-14)22-16-10-9-15(20)12-23(16)19/h4-10,12-13,21H,3,11H2,1-2H3. The van der Waals surface area contributed by atoms with Crippen molar-refractivity contribution in [3.05, 3.63) is 64.4 Å². The van der Waals surface area contributed by atoms with E-state index in [9.17, 15) is 4.79 Å². The Bertz CT molecular complexity index is 877. The molecule has 2 heterocycles. The van der Waals surface area contributed by atoms with Gasteiger partial charge in [0.05, 0.1) is 12.3 Å². The molecule has 0 aliphatic rings. The number of hydrogen-bond donors (Lipinski definition) is 1. The maximum Gasteiger partial charge on any atom is 0.325 e. The monoisotopic (exact) mass is 401 g/mol. The molecular weight excluding hydrogens is 382 g/mol. The second-order valence-electron chi connectivity index (χ2n) is 5.71. The molecule has 2 aromatic heterocycles. The first-order valence-electron chi connectivity index (χ1n) is 8.22. The molecule has 1 unspecified atom stereocenters. The molecule has 1 atom stereocenters. The van der Waals surface area contributed by atoms with Gasteiger partial charge in [-0.2, -0.15) is 0 Å². The number of anilines is 1. The third kappa shape index (κ3) is 3.85. The van der Waals surface area contributed by atoms with Crippen molar-refractivity contribution in [2.24, 2.45) is 0 Å². The Labute approximate surface area is 155 Å². The Morgan fingerprint density at radius 2 is 2.04 bits per heavy atom. The van der Waals surface area contributed by atoms with Crippen LogP contribution in [-0.4, -0.2) is 28.5 Å². The molecule has 130 valence electrons. The number of benzene rings is 1. The molecule has 3 rings (SSSR count). The van der Waals surface area contributed by atoms with Crippen LogP contribution in [-0.2, 0) is 9.53 Å². The number of carbonyl (C=O) groups excluding carboxylic acids is 1. The summed E-state index contributed by atoms with van der Waals surface area (Å²) in [4.78, 5) is 16.6. The van der Waals surface area contributed by atoms with E-state index in [-0.39, 0.29) is 18.4 Å². The maximum atomic E-state index is 11.8. The molecule has 0 amide bonds. The molecule has 0 bridgehead atoms. The third-order valence-corrected chi connectivity index (χ3v) is 4.49. The van der Waals surface area contributed by atoms with Crippen LogP contribution in [0.2, 0.25) is 0 Å². The van der Waals surface area contributed by atoms with Crippen molar-refractivity contribution >= 4 is 33.4 Å². The summed E-state index contributed by atoms with van der Waals surface area (Å²) in [6.07, 6.45) is 1.94. The summed E-state index contributed by atoms with van der Waals surface area (Å²) in [5.41, 5.74) is 2.89. The molecule has 0 aliphatic carbocycles. The summed E-state index contributed by atoms with van der Waals surface area (Å²) in [5, 5.41) is 3.20. The minimum absolute atomic E-state index is 0.0876. The number of hydrogen-bond acceptors (Lipinski definition) is 4. The Kier molecular flexibility index (Phi) is 5.38. The zero-order chi connectivity index (χ0) is 17.8. The van der Waals surface area contributed by atoms with Crippen LogP contribution < -0.4 is 5.32 Å². The highest BCUT2D eigenvalue weighted by Gasteiger charge is 2.20. The third-order valence-electron chi connectivity index (χ3n) is 4.02. The van der Waals surface area contributed by atoms with Crippen LogP contribution in [0.5, 0.6) is 0 Å². The van der Waals surface area contributed by atoms with Gasteiger partial charge in [-0.05, 0) is 40.5 Å². The topological polar surface area (TPSA) is 55.6 Å². The van der Waals surface area contributed by atoms with Gasteiger partial charge < -0.3 is 10.1 Å². The van der Waals surface area contributed by atoms with Gasteiger partial charge in [-0.1, -0.05) is 37.3 Å². The van der Waals surface area contributed by atoms with E-state index in [2.05, 4.69) is 40.3 Å². The number of fused-ring (bicyclic) bond motifs is 1. The highest BCUT2D eigenvalue weighted by atomic mass is 79.9. The van der Waals surface area contributed by atoms with Gasteiger partial charge in [-0.15, -0.1) is 0 Å². The van der Waals surface area contributed by atoms with Crippen molar-refractivity contribution < 1.29 is 9.53 Å². The largest absolute Gasteiger partial charge is 0.465 e. The smallest absolute Gasteiger partial charge is 0.325 e. The molecule has 0 saturated heterocycles. The van der Waals surface area contributed by atoms with E-state index in [1.165, 1.54) is 5.56 Å². The van der Waals surface area contributed by atoms with Crippen LogP contribution in [0, 0.1) is 0 Å². The molecular formula is C19H20BrN3O2. The van der Waals surface area contributed by atoms with Crippen LogP contribution in [0.25, 0.3) is 5.65 Å². The van der Waals surface area contributed by atoms with E-state index in [4.69, 9.17) is 9.72 Å². The fraction of sp³-hybridized carbons (Fsp3) is 0.263. The van der Waals surface area contributed by atoms with E-state index in [0.29, 0.717) is 6.61 Å². The van der Waals surface area contributed by atoms with E-state index in [1.54, 1.807) is 6.92 Å². The summed E-state index contributed by atoms with van der Waals surface area (Å²) >= 11 is 3.49. The first-order valence-corrected chi connectivity index (χ1v) is 9.01. The van der Waals surface area contributed by atoms with Gasteiger partial charge in [0.25, 0.3) is 0 Å². The Morgan fingerprint density at radius 3 is 2.76 bits per heavy atom. The van der Waals surface area contributed by atoms with Crippen molar-refractivity contribution in [1.29, 1.82) is 0 Å². The highest BCUT2D eigenvalue weighted by Crippen LogP contribution is 2.31. The number of rotatable bonds is 6. The molecule has 0 aliphatic heterocycles. The molecule has 1 aromatic carbocycles. The normalized spacial score (nSPS) is 12.1. The van der Waals surface area contributed by atoms with Gasteiger partial charge in [0.15, 0.2) is 0 Å². The minimum Gasteiger partial charge on any atom is -0.465 e. The van der Waals surface area contributed by atoms with Crippen molar-refractivity contribution in [1.82, 2.24) is 9.38 Å². The number of nitrogens with zero attached hydrogens (tertiary/aromatic N) is 2. The molecule has 6 heteroatoms. The fourth-order valence-electron chi connectivity index (χ4n) is 2.78. The average Bonchev–Trinajstić information content (AvgIpc) is 2.98. The van der Waals surface area contributed by atoms with Gasteiger partial charge in [-0.3, -0.25) is 9.20 Å². The quantitative estimate of drug-likeness (QED) is 0.628. The van der Waals surface area contributed by atoms with Gasteiger partial charge in [0.2, 0.25) is 0 Å². The van der Waals surface area contributed by atoms with Gasteiger partial charge in [0, 0.05) is 16.6 Å². The van der Waals surface area contributed by atoms with Crippen LogP contribution >= 0.6 is 15.9 Å². The summed E-state index contributed by atoms with van der Waals surface area (Å²) in [6.45, 7) is 4.38.